The summed E-state index contributed by atoms with van der Waals surface area (Å²) in [5.74, 6) is 0.837. The topological polar surface area (TPSA) is 66.5 Å². The molecule has 5 rings (SSSR count). The van der Waals surface area contributed by atoms with Crippen molar-refractivity contribution in [2.24, 2.45) is 0 Å². The van der Waals surface area contributed by atoms with Crippen LogP contribution in [0.3, 0.4) is 0 Å². The Hall–Kier alpha value is -3.73. The summed E-state index contributed by atoms with van der Waals surface area (Å²) in [6, 6.07) is 20.6. The quantitative estimate of drug-likeness (QED) is 0.489. The van der Waals surface area contributed by atoms with Crippen LogP contribution in [-0.2, 0) is 6.54 Å². The fraction of sp³-hybridized carbons (Fsp3) is 0.0455. The van der Waals surface area contributed by atoms with Crippen LogP contribution in [0.15, 0.2) is 79.4 Å². The second kappa shape index (κ2) is 6.53. The number of pyridine rings is 1. The minimum absolute atomic E-state index is 0.716. The second-order valence-electron chi connectivity index (χ2n) is 6.40. The fourth-order valence-corrected chi connectivity index (χ4v) is 3.34. The number of fused-ring (bicyclic) bond motifs is 2. The van der Waals surface area contributed by atoms with Crippen molar-refractivity contribution >= 4 is 27.8 Å². The Morgan fingerprint density at radius 1 is 0.852 bits per heavy atom. The Morgan fingerprint density at radius 2 is 1.78 bits per heavy atom. The standard InChI is InChI=1S/C22H17N5/c1-2-5-15(6-3-1)12-24-22-18-11-16(8-9-20(18)26-14-27-22)19-13-25-21-17(19)7-4-10-23-21/h1-11,13-14H,12H2,(H,23,25)(H,24,26,27). The molecule has 0 aliphatic heterocycles. The van der Waals surface area contributed by atoms with Gasteiger partial charge < -0.3 is 10.3 Å². The molecule has 5 heteroatoms. The van der Waals surface area contributed by atoms with Crippen LogP contribution in [0.1, 0.15) is 5.56 Å². The number of aromatic amines is 1. The van der Waals surface area contributed by atoms with Gasteiger partial charge in [-0.2, -0.15) is 0 Å². The number of anilines is 1. The van der Waals surface area contributed by atoms with Gasteiger partial charge in [0.1, 0.15) is 17.8 Å². The highest BCUT2D eigenvalue weighted by atomic mass is 15.0. The third kappa shape index (κ3) is 2.89. The molecule has 0 unspecified atom stereocenters. The summed E-state index contributed by atoms with van der Waals surface area (Å²) in [5, 5.41) is 5.55. The van der Waals surface area contributed by atoms with Crippen LogP contribution < -0.4 is 5.32 Å². The second-order valence-corrected chi connectivity index (χ2v) is 6.40. The van der Waals surface area contributed by atoms with E-state index in [2.05, 4.69) is 55.6 Å². The van der Waals surface area contributed by atoms with Crippen LogP contribution in [0.2, 0.25) is 0 Å². The molecule has 0 atom stereocenters. The molecule has 130 valence electrons. The van der Waals surface area contributed by atoms with E-state index in [-0.39, 0.29) is 0 Å². The number of hydrogen-bond acceptors (Lipinski definition) is 4. The Labute approximate surface area is 156 Å². The summed E-state index contributed by atoms with van der Waals surface area (Å²) in [6.45, 7) is 0.716. The summed E-state index contributed by atoms with van der Waals surface area (Å²) >= 11 is 0. The molecule has 0 saturated heterocycles. The summed E-state index contributed by atoms with van der Waals surface area (Å²) in [6.07, 6.45) is 5.40. The van der Waals surface area contributed by atoms with E-state index in [0.717, 1.165) is 38.9 Å². The Morgan fingerprint density at radius 3 is 2.70 bits per heavy atom. The van der Waals surface area contributed by atoms with Crippen molar-refractivity contribution in [1.82, 2.24) is 19.9 Å². The Kier molecular flexibility index (Phi) is 3.76. The van der Waals surface area contributed by atoms with Crippen LogP contribution in [0.4, 0.5) is 5.82 Å². The first-order valence-electron chi connectivity index (χ1n) is 8.83. The summed E-state index contributed by atoms with van der Waals surface area (Å²) in [5.41, 5.74) is 5.25. The smallest absolute Gasteiger partial charge is 0.137 e. The van der Waals surface area contributed by atoms with Gasteiger partial charge >= 0.3 is 0 Å². The zero-order chi connectivity index (χ0) is 18.1. The molecule has 3 heterocycles. The first kappa shape index (κ1) is 15.5. The highest BCUT2D eigenvalue weighted by molar-refractivity contribution is 5.98. The Balaban J connectivity index is 1.56. The van der Waals surface area contributed by atoms with Crippen LogP contribution in [0.5, 0.6) is 0 Å². The molecule has 5 aromatic rings. The van der Waals surface area contributed by atoms with E-state index >= 15 is 0 Å². The number of nitrogens with zero attached hydrogens (tertiary/aromatic N) is 3. The van der Waals surface area contributed by atoms with Gasteiger partial charge in [-0.15, -0.1) is 0 Å². The van der Waals surface area contributed by atoms with E-state index in [1.165, 1.54) is 5.56 Å². The first-order valence-corrected chi connectivity index (χ1v) is 8.83. The van der Waals surface area contributed by atoms with Crippen LogP contribution >= 0.6 is 0 Å². The monoisotopic (exact) mass is 351 g/mol. The van der Waals surface area contributed by atoms with Gasteiger partial charge in [-0.05, 0) is 35.4 Å². The van der Waals surface area contributed by atoms with Crippen molar-refractivity contribution in [2.75, 3.05) is 5.32 Å². The van der Waals surface area contributed by atoms with Crippen LogP contribution in [0.25, 0.3) is 33.1 Å². The van der Waals surface area contributed by atoms with Gasteiger partial charge in [-0.1, -0.05) is 36.4 Å². The average Bonchev–Trinajstić information content (AvgIpc) is 3.17. The highest BCUT2D eigenvalue weighted by Gasteiger charge is 2.10. The number of hydrogen-bond donors (Lipinski definition) is 2. The highest BCUT2D eigenvalue weighted by Crippen LogP contribution is 2.31. The van der Waals surface area contributed by atoms with Gasteiger partial charge in [0.05, 0.1) is 5.52 Å². The molecule has 0 radical (unpaired) electrons. The summed E-state index contributed by atoms with van der Waals surface area (Å²) in [4.78, 5) is 16.5. The lowest BCUT2D eigenvalue weighted by Crippen LogP contribution is -2.02. The van der Waals surface area contributed by atoms with E-state index in [1.807, 2.05) is 36.5 Å². The minimum atomic E-state index is 0.716. The molecule has 27 heavy (non-hydrogen) atoms. The van der Waals surface area contributed by atoms with Crippen molar-refractivity contribution in [1.29, 1.82) is 0 Å². The number of rotatable bonds is 4. The summed E-state index contributed by atoms with van der Waals surface area (Å²) in [7, 11) is 0. The molecule has 0 amide bonds. The lowest BCUT2D eigenvalue weighted by molar-refractivity contribution is 1.10. The van der Waals surface area contributed by atoms with Gasteiger partial charge in [0.2, 0.25) is 0 Å². The lowest BCUT2D eigenvalue weighted by atomic mass is 10.0. The molecule has 0 bridgehead atoms. The molecule has 0 aliphatic rings. The van der Waals surface area contributed by atoms with Crippen molar-refractivity contribution in [2.45, 2.75) is 6.54 Å². The maximum atomic E-state index is 4.46. The van der Waals surface area contributed by atoms with Gasteiger partial charge in [-0.25, -0.2) is 15.0 Å². The zero-order valence-electron chi connectivity index (χ0n) is 14.6. The van der Waals surface area contributed by atoms with Gasteiger partial charge in [0, 0.05) is 35.3 Å². The van der Waals surface area contributed by atoms with Crippen LogP contribution in [-0.4, -0.2) is 19.9 Å². The SMILES string of the molecule is c1ccc(CNc2ncnc3ccc(-c4c[nH]c5ncccc45)cc23)cc1. The molecule has 0 aliphatic carbocycles. The normalized spacial score (nSPS) is 11.1. The summed E-state index contributed by atoms with van der Waals surface area (Å²) < 4.78 is 0. The van der Waals surface area contributed by atoms with Crippen molar-refractivity contribution in [3.8, 4) is 11.1 Å². The van der Waals surface area contributed by atoms with E-state index in [9.17, 15) is 0 Å². The predicted octanol–water partition coefficient (Wildman–Crippen LogP) is 4.79. The average molecular weight is 351 g/mol. The van der Waals surface area contributed by atoms with Gasteiger partial charge in [0.25, 0.3) is 0 Å². The number of H-pyrrole nitrogens is 1. The molecule has 0 saturated carbocycles. The van der Waals surface area contributed by atoms with Crippen molar-refractivity contribution < 1.29 is 0 Å². The zero-order valence-corrected chi connectivity index (χ0v) is 14.6. The third-order valence-electron chi connectivity index (χ3n) is 4.70. The Bertz CT molecular complexity index is 1230. The third-order valence-corrected chi connectivity index (χ3v) is 4.70. The minimum Gasteiger partial charge on any atom is -0.365 e. The molecular weight excluding hydrogens is 334 g/mol. The molecule has 2 aromatic carbocycles. The maximum absolute atomic E-state index is 4.46. The van der Waals surface area contributed by atoms with Crippen LogP contribution in [0, 0.1) is 0 Å². The number of benzene rings is 2. The van der Waals surface area contributed by atoms with Crippen molar-refractivity contribution in [3.63, 3.8) is 0 Å². The molecule has 2 N–H and O–H groups in total. The van der Waals surface area contributed by atoms with E-state index in [4.69, 9.17) is 0 Å². The molecule has 0 spiro atoms. The van der Waals surface area contributed by atoms with Gasteiger partial charge in [0.15, 0.2) is 0 Å². The lowest BCUT2D eigenvalue weighted by Gasteiger charge is -2.10. The molecule has 0 fully saturated rings. The maximum Gasteiger partial charge on any atom is 0.137 e. The largest absolute Gasteiger partial charge is 0.365 e. The number of aromatic nitrogens is 4. The molecule has 5 nitrogen and oxygen atoms in total. The van der Waals surface area contributed by atoms with Crippen molar-refractivity contribution in [3.05, 3.63) is 84.9 Å². The number of nitrogens with one attached hydrogen (secondary N) is 2. The molecule has 3 aromatic heterocycles. The van der Waals surface area contributed by atoms with Gasteiger partial charge in [-0.3, -0.25) is 0 Å². The van der Waals surface area contributed by atoms with E-state index < -0.39 is 0 Å². The fourth-order valence-electron chi connectivity index (χ4n) is 3.34. The van der Waals surface area contributed by atoms with E-state index in [0.29, 0.717) is 6.54 Å². The first-order chi connectivity index (χ1) is 13.4. The predicted molar refractivity (Wildman–Crippen MR) is 108 cm³/mol. The van der Waals surface area contributed by atoms with E-state index in [1.54, 1.807) is 12.5 Å². The molecular formula is C22H17N5.